The summed E-state index contributed by atoms with van der Waals surface area (Å²) in [4.78, 5) is 25.4. The van der Waals surface area contributed by atoms with Gasteiger partial charge in [-0.25, -0.2) is 4.98 Å². The Bertz CT molecular complexity index is 1630. The smallest absolute Gasteiger partial charge is 0.241 e. The summed E-state index contributed by atoms with van der Waals surface area (Å²) in [7, 11) is 0. The topological polar surface area (TPSA) is 124 Å². The number of aliphatic hydroxyl groups excluding tert-OH is 1. The molecular weight excluding hydrogens is 570 g/mol. The SMILES string of the molecule is CCCCOc1ccccc1N1CCN(C(Cc2ccc(C#N)c(Oc3cccc(OCCO)c3)c2)c2cnc(C)[nH]2)CC1=O. The molecule has 234 valence electrons. The maximum Gasteiger partial charge on any atom is 0.241 e. The number of piperazine rings is 1. The molecule has 2 N–H and O–H groups in total. The van der Waals surface area contributed by atoms with E-state index < -0.39 is 0 Å². The van der Waals surface area contributed by atoms with E-state index in [-0.39, 0.29) is 31.7 Å². The van der Waals surface area contributed by atoms with Gasteiger partial charge in [0.25, 0.3) is 0 Å². The number of nitrogens with zero attached hydrogens (tertiary/aromatic N) is 4. The first kappa shape index (κ1) is 31.6. The zero-order chi connectivity index (χ0) is 31.6. The van der Waals surface area contributed by atoms with Crippen LogP contribution >= 0.6 is 0 Å². The molecule has 2 heterocycles. The van der Waals surface area contributed by atoms with Crippen LogP contribution < -0.4 is 19.1 Å². The van der Waals surface area contributed by atoms with Crippen LogP contribution in [0.5, 0.6) is 23.0 Å². The van der Waals surface area contributed by atoms with Crippen molar-refractivity contribution in [1.29, 1.82) is 5.26 Å². The van der Waals surface area contributed by atoms with Gasteiger partial charge in [0.1, 0.15) is 41.5 Å². The third-order valence-electron chi connectivity index (χ3n) is 7.67. The van der Waals surface area contributed by atoms with Crippen molar-refractivity contribution in [1.82, 2.24) is 14.9 Å². The molecule has 45 heavy (non-hydrogen) atoms. The van der Waals surface area contributed by atoms with E-state index >= 15 is 0 Å². The van der Waals surface area contributed by atoms with Crippen molar-refractivity contribution in [2.75, 3.05) is 44.4 Å². The molecule has 0 aliphatic carbocycles. The van der Waals surface area contributed by atoms with Gasteiger partial charge in [-0.3, -0.25) is 9.69 Å². The quantitative estimate of drug-likeness (QED) is 0.178. The second kappa shape index (κ2) is 15.2. The highest BCUT2D eigenvalue weighted by atomic mass is 16.5. The number of amides is 1. The number of hydrogen-bond donors (Lipinski definition) is 2. The summed E-state index contributed by atoms with van der Waals surface area (Å²) in [5.41, 5.74) is 3.06. The number of aryl methyl sites for hydroxylation is 1. The van der Waals surface area contributed by atoms with Crippen molar-refractivity contribution in [3.63, 3.8) is 0 Å². The molecule has 4 aromatic rings. The Kier molecular flexibility index (Phi) is 10.7. The summed E-state index contributed by atoms with van der Waals surface area (Å²) in [5.74, 6) is 3.02. The van der Waals surface area contributed by atoms with E-state index in [0.29, 0.717) is 48.9 Å². The van der Waals surface area contributed by atoms with Crippen LogP contribution in [0.3, 0.4) is 0 Å². The number of nitriles is 1. The van der Waals surface area contributed by atoms with Gasteiger partial charge >= 0.3 is 0 Å². The van der Waals surface area contributed by atoms with Gasteiger partial charge in [-0.05, 0) is 61.7 Å². The lowest BCUT2D eigenvalue weighted by atomic mass is 9.99. The highest BCUT2D eigenvalue weighted by molar-refractivity contribution is 5.97. The molecule has 5 rings (SSSR count). The molecule has 0 bridgehead atoms. The van der Waals surface area contributed by atoms with Crippen LogP contribution in [0.4, 0.5) is 5.69 Å². The third kappa shape index (κ3) is 8.01. The number of aromatic amines is 1. The molecule has 1 aromatic heterocycles. The number of carbonyl (C=O) groups excluding carboxylic acids is 1. The highest BCUT2D eigenvalue weighted by Gasteiger charge is 2.32. The summed E-state index contributed by atoms with van der Waals surface area (Å²) < 4.78 is 17.7. The van der Waals surface area contributed by atoms with Crippen molar-refractivity contribution >= 4 is 11.6 Å². The van der Waals surface area contributed by atoms with Gasteiger partial charge < -0.3 is 29.2 Å². The van der Waals surface area contributed by atoms with E-state index in [1.807, 2.05) is 54.4 Å². The first-order valence-electron chi connectivity index (χ1n) is 15.3. The van der Waals surface area contributed by atoms with Gasteiger partial charge in [-0.2, -0.15) is 5.26 Å². The van der Waals surface area contributed by atoms with E-state index in [1.165, 1.54) is 0 Å². The fraction of sp³-hybridized carbons (Fsp3) is 0.343. The molecule has 1 unspecified atom stereocenters. The van der Waals surface area contributed by atoms with E-state index in [0.717, 1.165) is 41.4 Å². The summed E-state index contributed by atoms with van der Waals surface area (Å²) >= 11 is 0. The molecule has 0 radical (unpaired) electrons. The first-order chi connectivity index (χ1) is 22.0. The summed E-state index contributed by atoms with van der Waals surface area (Å²) in [6.07, 6.45) is 4.38. The molecule has 10 heteroatoms. The van der Waals surface area contributed by atoms with Crippen LogP contribution in [0.25, 0.3) is 0 Å². The number of imidazole rings is 1. The minimum absolute atomic E-state index is 0.00109. The lowest BCUT2D eigenvalue weighted by Crippen LogP contribution is -2.52. The highest BCUT2D eigenvalue weighted by Crippen LogP contribution is 2.34. The number of nitrogens with one attached hydrogen (secondary N) is 1. The van der Waals surface area contributed by atoms with Crippen LogP contribution in [0.2, 0.25) is 0 Å². The largest absolute Gasteiger partial charge is 0.491 e. The number of benzene rings is 3. The number of ether oxygens (including phenoxy) is 3. The number of rotatable bonds is 14. The molecule has 10 nitrogen and oxygen atoms in total. The standard InChI is InChI=1S/C35H39N5O5/c1-3-4-17-44-33-11-6-5-10-31(33)40-15-14-39(24-35(40)42)32(30-23-37-25(2)38-30)19-26-12-13-27(22-36)34(20-26)45-29-9-7-8-28(21-29)43-18-16-41/h5-13,20-21,23,32,41H,3-4,14-19,24H2,1-2H3,(H,37,38). The predicted molar refractivity (Wildman–Crippen MR) is 171 cm³/mol. The van der Waals surface area contributed by atoms with Crippen molar-refractivity contribution < 1.29 is 24.1 Å². The molecular formula is C35H39N5O5. The van der Waals surface area contributed by atoms with Crippen LogP contribution in [0, 0.1) is 18.3 Å². The van der Waals surface area contributed by atoms with E-state index in [2.05, 4.69) is 27.9 Å². The predicted octanol–water partition coefficient (Wildman–Crippen LogP) is 5.56. The summed E-state index contributed by atoms with van der Waals surface area (Å²) in [5, 5.41) is 18.9. The van der Waals surface area contributed by atoms with Crippen molar-refractivity contribution in [2.45, 2.75) is 39.2 Å². The molecule has 1 aliphatic heterocycles. The maximum atomic E-state index is 13.6. The van der Waals surface area contributed by atoms with E-state index in [9.17, 15) is 10.1 Å². The Morgan fingerprint density at radius 2 is 1.87 bits per heavy atom. The lowest BCUT2D eigenvalue weighted by Gasteiger charge is -2.39. The Hall–Kier alpha value is -4.85. The van der Waals surface area contributed by atoms with Crippen LogP contribution in [-0.2, 0) is 11.2 Å². The molecule has 3 aromatic carbocycles. The average molecular weight is 610 g/mol. The Balaban J connectivity index is 1.36. The second-order valence-electron chi connectivity index (χ2n) is 10.9. The molecule has 0 saturated carbocycles. The number of anilines is 1. The van der Waals surface area contributed by atoms with Crippen molar-refractivity contribution in [3.8, 4) is 29.1 Å². The summed E-state index contributed by atoms with van der Waals surface area (Å²) in [6, 6.07) is 22.4. The number of hydrogen-bond acceptors (Lipinski definition) is 8. The Labute approximate surface area is 263 Å². The van der Waals surface area contributed by atoms with Crippen molar-refractivity contribution in [2.24, 2.45) is 0 Å². The monoisotopic (exact) mass is 609 g/mol. The second-order valence-corrected chi connectivity index (χ2v) is 10.9. The number of aromatic nitrogens is 2. The molecule has 0 spiro atoms. The van der Waals surface area contributed by atoms with Gasteiger partial charge in [0, 0.05) is 25.4 Å². The number of H-pyrrole nitrogens is 1. The minimum atomic E-state index is -0.163. The van der Waals surface area contributed by atoms with Crippen molar-refractivity contribution in [3.05, 3.63) is 95.6 Å². The van der Waals surface area contributed by atoms with Gasteiger partial charge in [0.15, 0.2) is 0 Å². The minimum Gasteiger partial charge on any atom is -0.491 e. The summed E-state index contributed by atoms with van der Waals surface area (Å²) in [6.45, 7) is 6.12. The van der Waals surface area contributed by atoms with Gasteiger partial charge in [-0.15, -0.1) is 0 Å². The molecule has 1 atom stereocenters. The fourth-order valence-corrected chi connectivity index (χ4v) is 5.40. The third-order valence-corrected chi connectivity index (χ3v) is 7.67. The zero-order valence-electron chi connectivity index (χ0n) is 25.7. The zero-order valence-corrected chi connectivity index (χ0v) is 25.7. The average Bonchev–Trinajstić information content (AvgIpc) is 3.49. The van der Waals surface area contributed by atoms with Crippen LogP contribution in [0.15, 0.2) is 72.9 Å². The van der Waals surface area contributed by atoms with E-state index in [4.69, 9.17) is 19.3 Å². The Morgan fingerprint density at radius 1 is 1.02 bits per heavy atom. The number of unbranched alkanes of at least 4 members (excludes halogenated alkanes) is 1. The Morgan fingerprint density at radius 3 is 2.62 bits per heavy atom. The molecule has 1 fully saturated rings. The fourth-order valence-electron chi connectivity index (χ4n) is 5.40. The number of para-hydroxylation sites is 2. The maximum absolute atomic E-state index is 13.6. The molecule has 1 saturated heterocycles. The van der Waals surface area contributed by atoms with Crippen LogP contribution in [0.1, 0.15) is 48.5 Å². The van der Waals surface area contributed by atoms with E-state index in [1.54, 1.807) is 30.3 Å². The first-order valence-corrected chi connectivity index (χ1v) is 15.3. The molecule has 1 aliphatic rings. The number of carbonyl (C=O) groups is 1. The van der Waals surface area contributed by atoms with Gasteiger partial charge in [0.05, 0.1) is 42.7 Å². The molecule has 1 amide bonds. The normalized spacial score (nSPS) is 14.2. The lowest BCUT2D eigenvalue weighted by molar-refractivity contribution is -0.122. The van der Waals surface area contributed by atoms with Gasteiger partial charge in [-0.1, -0.05) is 37.6 Å². The van der Waals surface area contributed by atoms with Crippen LogP contribution in [-0.4, -0.2) is 65.3 Å². The number of aliphatic hydroxyl groups is 1. The van der Waals surface area contributed by atoms with Gasteiger partial charge in [0.2, 0.25) is 5.91 Å².